The minimum atomic E-state index is -0.245. The van der Waals surface area contributed by atoms with E-state index in [9.17, 15) is 4.39 Å². The Labute approximate surface area is 161 Å². The minimum Gasteiger partial charge on any atom is -0.495 e. The molecule has 3 aromatic rings. The molecule has 0 atom stereocenters. The molecule has 0 saturated carbocycles. The molecule has 27 heavy (non-hydrogen) atoms. The van der Waals surface area contributed by atoms with Gasteiger partial charge in [-0.05, 0) is 42.7 Å². The molecular weight excluding hydrogens is 369 g/mol. The van der Waals surface area contributed by atoms with Gasteiger partial charge in [-0.3, -0.25) is 0 Å². The van der Waals surface area contributed by atoms with Crippen LogP contribution in [0.25, 0.3) is 0 Å². The van der Waals surface area contributed by atoms with Crippen LogP contribution < -0.4 is 15.4 Å². The molecule has 0 aliphatic carbocycles. The summed E-state index contributed by atoms with van der Waals surface area (Å²) in [6.45, 7) is 2.51. The maximum Gasteiger partial charge on any atom is 0.244 e. The van der Waals surface area contributed by atoms with Gasteiger partial charge >= 0.3 is 0 Å². The average Bonchev–Trinajstić information content (AvgIpc) is 2.66. The minimum absolute atomic E-state index is 0.245. The van der Waals surface area contributed by atoms with Crippen molar-refractivity contribution in [2.45, 2.75) is 13.3 Å². The molecule has 0 radical (unpaired) electrons. The van der Waals surface area contributed by atoms with Gasteiger partial charge in [0.25, 0.3) is 0 Å². The first kappa shape index (κ1) is 18.8. The molecule has 0 unspecified atom stereocenters. The molecule has 1 aromatic heterocycles. The number of hydrogen-bond donors (Lipinski definition) is 2. The largest absolute Gasteiger partial charge is 0.495 e. The number of nitrogens with one attached hydrogen (secondary N) is 2. The number of benzene rings is 2. The van der Waals surface area contributed by atoms with Crippen LogP contribution in [0.5, 0.6) is 5.75 Å². The van der Waals surface area contributed by atoms with Crippen LogP contribution in [-0.2, 0) is 6.42 Å². The predicted octanol–water partition coefficient (Wildman–Crippen LogP) is 4.38. The van der Waals surface area contributed by atoms with Crippen LogP contribution in [0.3, 0.4) is 0 Å². The van der Waals surface area contributed by atoms with E-state index >= 15 is 0 Å². The van der Waals surface area contributed by atoms with E-state index in [1.54, 1.807) is 25.3 Å². The summed E-state index contributed by atoms with van der Waals surface area (Å²) >= 11 is 6.13. The second-order valence-electron chi connectivity index (χ2n) is 5.90. The first-order chi connectivity index (χ1) is 13.0. The zero-order valence-electron chi connectivity index (χ0n) is 15.0. The van der Waals surface area contributed by atoms with Crippen molar-refractivity contribution in [2.24, 2.45) is 0 Å². The van der Waals surface area contributed by atoms with Crippen LogP contribution in [0.2, 0.25) is 5.02 Å². The topological polar surface area (TPSA) is 72.0 Å². The highest BCUT2D eigenvalue weighted by molar-refractivity contribution is 6.31. The fourth-order valence-electron chi connectivity index (χ4n) is 2.48. The van der Waals surface area contributed by atoms with E-state index in [1.807, 2.05) is 13.0 Å². The molecule has 0 saturated heterocycles. The number of anilines is 3. The summed E-state index contributed by atoms with van der Waals surface area (Å²) in [7, 11) is 1.58. The Morgan fingerprint density at radius 1 is 1.19 bits per heavy atom. The van der Waals surface area contributed by atoms with Crippen LogP contribution in [0.4, 0.5) is 21.8 Å². The Bertz CT molecular complexity index is 920. The Kier molecular flexibility index (Phi) is 6.03. The Morgan fingerprint density at radius 2 is 1.96 bits per heavy atom. The van der Waals surface area contributed by atoms with Crippen molar-refractivity contribution in [3.63, 3.8) is 0 Å². The molecule has 140 valence electrons. The second kappa shape index (κ2) is 8.64. The fourth-order valence-corrected chi connectivity index (χ4v) is 2.63. The lowest BCUT2D eigenvalue weighted by atomic mass is 10.1. The normalized spacial score (nSPS) is 10.5. The van der Waals surface area contributed by atoms with Crippen molar-refractivity contribution in [1.82, 2.24) is 15.2 Å². The first-order valence-corrected chi connectivity index (χ1v) is 8.72. The SMILES string of the molecule is COc1cc(Cl)c(C)cc1Nc1cnnc(NCCc2ccc(F)cc2)n1. The van der Waals surface area contributed by atoms with Gasteiger partial charge in [0.2, 0.25) is 5.95 Å². The lowest BCUT2D eigenvalue weighted by Gasteiger charge is -2.13. The summed E-state index contributed by atoms with van der Waals surface area (Å²) in [5.41, 5.74) is 2.67. The molecule has 8 heteroatoms. The zero-order chi connectivity index (χ0) is 19.2. The van der Waals surface area contributed by atoms with Gasteiger partial charge in [-0.2, -0.15) is 10.1 Å². The van der Waals surface area contributed by atoms with Gasteiger partial charge < -0.3 is 15.4 Å². The molecule has 0 aliphatic heterocycles. The maximum atomic E-state index is 12.9. The lowest BCUT2D eigenvalue weighted by Crippen LogP contribution is -2.10. The van der Waals surface area contributed by atoms with Crippen molar-refractivity contribution in [2.75, 3.05) is 24.3 Å². The number of rotatable bonds is 7. The van der Waals surface area contributed by atoms with Gasteiger partial charge in [0.1, 0.15) is 11.6 Å². The molecule has 0 amide bonds. The molecule has 0 fully saturated rings. The number of nitrogens with zero attached hydrogens (tertiary/aromatic N) is 3. The van der Waals surface area contributed by atoms with Crippen molar-refractivity contribution in [3.05, 3.63) is 64.6 Å². The number of aromatic nitrogens is 3. The molecule has 1 heterocycles. The summed E-state index contributed by atoms with van der Waals surface area (Å²) in [5, 5.41) is 14.8. The van der Waals surface area contributed by atoms with E-state index < -0.39 is 0 Å². The van der Waals surface area contributed by atoms with Gasteiger partial charge in [-0.1, -0.05) is 23.7 Å². The molecule has 3 rings (SSSR count). The average molecular weight is 388 g/mol. The zero-order valence-corrected chi connectivity index (χ0v) is 15.7. The maximum absolute atomic E-state index is 12.9. The highest BCUT2D eigenvalue weighted by atomic mass is 35.5. The molecule has 2 N–H and O–H groups in total. The van der Waals surface area contributed by atoms with E-state index in [0.29, 0.717) is 35.5 Å². The van der Waals surface area contributed by atoms with E-state index in [0.717, 1.165) is 16.8 Å². The number of halogens is 2. The van der Waals surface area contributed by atoms with E-state index in [1.165, 1.54) is 18.3 Å². The number of ether oxygens (including phenoxy) is 1. The second-order valence-corrected chi connectivity index (χ2v) is 6.30. The third kappa shape index (κ3) is 5.04. The lowest BCUT2D eigenvalue weighted by molar-refractivity contribution is 0.416. The smallest absolute Gasteiger partial charge is 0.244 e. The number of methoxy groups -OCH3 is 1. The van der Waals surface area contributed by atoms with Crippen molar-refractivity contribution < 1.29 is 9.13 Å². The van der Waals surface area contributed by atoms with Crippen molar-refractivity contribution in [1.29, 1.82) is 0 Å². The molecule has 0 aliphatic rings. The number of aryl methyl sites for hydroxylation is 1. The van der Waals surface area contributed by atoms with Gasteiger partial charge in [0.15, 0.2) is 5.82 Å². The quantitative estimate of drug-likeness (QED) is 0.626. The molecular formula is C19H19ClFN5O. The third-order valence-corrected chi connectivity index (χ3v) is 4.32. The Balaban J connectivity index is 1.65. The van der Waals surface area contributed by atoms with Crippen LogP contribution in [0.1, 0.15) is 11.1 Å². The fraction of sp³-hybridized carbons (Fsp3) is 0.211. The third-order valence-electron chi connectivity index (χ3n) is 3.91. The van der Waals surface area contributed by atoms with E-state index in [-0.39, 0.29) is 5.82 Å². The highest BCUT2D eigenvalue weighted by Gasteiger charge is 2.09. The molecule has 0 bridgehead atoms. The molecule has 0 spiro atoms. The summed E-state index contributed by atoms with van der Waals surface area (Å²) in [6, 6.07) is 10.0. The predicted molar refractivity (Wildman–Crippen MR) is 104 cm³/mol. The van der Waals surface area contributed by atoms with Crippen LogP contribution >= 0.6 is 11.6 Å². The summed E-state index contributed by atoms with van der Waals surface area (Å²) < 4.78 is 18.3. The van der Waals surface area contributed by atoms with Gasteiger partial charge in [0.05, 0.1) is 19.0 Å². The van der Waals surface area contributed by atoms with E-state index in [4.69, 9.17) is 16.3 Å². The number of hydrogen-bond acceptors (Lipinski definition) is 6. The Morgan fingerprint density at radius 3 is 2.70 bits per heavy atom. The standard InChI is InChI=1S/C19H19ClFN5O/c1-12-9-16(17(27-2)10-15(12)20)24-18-11-23-26-19(25-18)22-8-7-13-3-5-14(21)6-4-13/h3-6,9-11H,7-8H2,1-2H3,(H2,22,24,25,26). The van der Waals surface area contributed by atoms with Crippen LogP contribution in [0, 0.1) is 12.7 Å². The van der Waals surface area contributed by atoms with Crippen LogP contribution in [-0.4, -0.2) is 28.8 Å². The summed E-state index contributed by atoms with van der Waals surface area (Å²) in [4.78, 5) is 4.40. The monoisotopic (exact) mass is 387 g/mol. The van der Waals surface area contributed by atoms with Gasteiger partial charge in [0, 0.05) is 17.6 Å². The van der Waals surface area contributed by atoms with Crippen LogP contribution in [0.15, 0.2) is 42.6 Å². The van der Waals surface area contributed by atoms with Gasteiger partial charge in [-0.25, -0.2) is 4.39 Å². The van der Waals surface area contributed by atoms with E-state index in [2.05, 4.69) is 25.8 Å². The van der Waals surface area contributed by atoms with Crippen molar-refractivity contribution >= 4 is 29.1 Å². The molecule has 6 nitrogen and oxygen atoms in total. The first-order valence-electron chi connectivity index (χ1n) is 8.34. The van der Waals surface area contributed by atoms with Crippen molar-refractivity contribution in [3.8, 4) is 5.75 Å². The summed E-state index contributed by atoms with van der Waals surface area (Å²) in [6.07, 6.45) is 2.24. The summed E-state index contributed by atoms with van der Waals surface area (Å²) in [5.74, 6) is 1.28. The Hall–Kier alpha value is -2.93. The highest BCUT2D eigenvalue weighted by Crippen LogP contribution is 2.32. The molecule has 2 aromatic carbocycles. The van der Waals surface area contributed by atoms with Gasteiger partial charge in [-0.15, -0.1) is 5.10 Å².